The fraction of sp³-hybridized carbons (Fsp3) is 0.286. The van der Waals surface area contributed by atoms with Crippen LogP contribution in [0.3, 0.4) is 0 Å². The first kappa shape index (κ1) is 19.0. The van der Waals surface area contributed by atoms with Crippen LogP contribution in [0.2, 0.25) is 0 Å². The topological polar surface area (TPSA) is 52.8 Å². The molecule has 4 aromatic rings. The van der Waals surface area contributed by atoms with Gasteiger partial charge in [0.25, 0.3) is 0 Å². The first-order valence-corrected chi connectivity index (χ1v) is 11.0. The molecule has 0 N–H and O–H groups in total. The number of thioether (sulfide) groups is 1. The van der Waals surface area contributed by atoms with Crippen LogP contribution in [0.15, 0.2) is 53.7 Å². The summed E-state index contributed by atoms with van der Waals surface area (Å²) in [5.41, 5.74) is 2.10. The molecular formula is C21H22N4OS2. The summed E-state index contributed by atoms with van der Waals surface area (Å²) < 4.78 is 8.70. The predicted octanol–water partition coefficient (Wildman–Crippen LogP) is 5.51. The SMILES string of the molecule is COc1ccc(-c2nnc(SCc3nc4ccccc4s3)n2CC(C)C)cc1. The van der Waals surface area contributed by atoms with Crippen molar-refractivity contribution >= 4 is 33.3 Å². The van der Waals surface area contributed by atoms with Crippen LogP contribution in [0.25, 0.3) is 21.6 Å². The maximum Gasteiger partial charge on any atom is 0.191 e. The zero-order chi connectivity index (χ0) is 19.5. The third kappa shape index (κ3) is 4.05. The smallest absolute Gasteiger partial charge is 0.191 e. The van der Waals surface area contributed by atoms with Gasteiger partial charge in [0.05, 0.1) is 23.1 Å². The van der Waals surface area contributed by atoms with Crippen LogP contribution in [0, 0.1) is 5.92 Å². The van der Waals surface area contributed by atoms with Crippen LogP contribution in [-0.2, 0) is 12.3 Å². The first-order chi connectivity index (χ1) is 13.6. The van der Waals surface area contributed by atoms with E-state index in [1.54, 1.807) is 30.2 Å². The lowest BCUT2D eigenvalue weighted by atomic mass is 10.2. The van der Waals surface area contributed by atoms with Crippen molar-refractivity contribution in [2.24, 2.45) is 5.92 Å². The molecule has 7 heteroatoms. The predicted molar refractivity (Wildman–Crippen MR) is 116 cm³/mol. The van der Waals surface area contributed by atoms with E-state index >= 15 is 0 Å². The molecule has 2 heterocycles. The molecule has 0 bridgehead atoms. The van der Waals surface area contributed by atoms with E-state index in [9.17, 15) is 0 Å². The van der Waals surface area contributed by atoms with Gasteiger partial charge in [-0.2, -0.15) is 0 Å². The lowest BCUT2D eigenvalue weighted by Gasteiger charge is -2.12. The molecule has 2 aromatic heterocycles. The number of rotatable bonds is 7. The molecule has 2 aromatic carbocycles. The van der Waals surface area contributed by atoms with Gasteiger partial charge in [-0.05, 0) is 42.3 Å². The van der Waals surface area contributed by atoms with Gasteiger partial charge in [0, 0.05) is 12.1 Å². The number of methoxy groups -OCH3 is 1. The number of hydrogen-bond acceptors (Lipinski definition) is 6. The lowest BCUT2D eigenvalue weighted by Crippen LogP contribution is -2.07. The zero-order valence-electron chi connectivity index (χ0n) is 16.1. The number of ether oxygens (including phenoxy) is 1. The third-order valence-corrected chi connectivity index (χ3v) is 6.47. The molecule has 0 saturated carbocycles. The van der Waals surface area contributed by atoms with Gasteiger partial charge in [0.15, 0.2) is 11.0 Å². The Labute approximate surface area is 172 Å². The average molecular weight is 411 g/mol. The summed E-state index contributed by atoms with van der Waals surface area (Å²) in [6.07, 6.45) is 0. The first-order valence-electron chi connectivity index (χ1n) is 9.19. The van der Waals surface area contributed by atoms with Crippen molar-refractivity contribution in [2.75, 3.05) is 7.11 Å². The number of para-hydroxylation sites is 1. The van der Waals surface area contributed by atoms with Crippen molar-refractivity contribution in [3.63, 3.8) is 0 Å². The Hall–Kier alpha value is -2.38. The fourth-order valence-corrected chi connectivity index (χ4v) is 4.89. The van der Waals surface area contributed by atoms with Crippen LogP contribution in [0.4, 0.5) is 0 Å². The Balaban J connectivity index is 1.59. The molecule has 4 rings (SSSR count). The molecule has 0 radical (unpaired) electrons. The molecule has 0 amide bonds. The second-order valence-electron chi connectivity index (χ2n) is 6.90. The monoisotopic (exact) mass is 410 g/mol. The molecule has 0 saturated heterocycles. The van der Waals surface area contributed by atoms with E-state index in [-0.39, 0.29) is 0 Å². The summed E-state index contributed by atoms with van der Waals surface area (Å²) >= 11 is 3.43. The second-order valence-corrected chi connectivity index (χ2v) is 8.96. The summed E-state index contributed by atoms with van der Waals surface area (Å²) in [5, 5.41) is 11.0. The lowest BCUT2D eigenvalue weighted by molar-refractivity contribution is 0.415. The molecule has 0 fully saturated rings. The van der Waals surface area contributed by atoms with Crippen LogP contribution < -0.4 is 4.74 Å². The number of thiazole rings is 1. The Morgan fingerprint density at radius 2 is 1.86 bits per heavy atom. The van der Waals surface area contributed by atoms with Crippen LogP contribution in [0.1, 0.15) is 18.9 Å². The summed E-state index contributed by atoms with van der Waals surface area (Å²) in [6, 6.07) is 16.2. The van der Waals surface area contributed by atoms with E-state index < -0.39 is 0 Å². The van der Waals surface area contributed by atoms with Crippen molar-refractivity contribution in [1.82, 2.24) is 19.7 Å². The van der Waals surface area contributed by atoms with Crippen molar-refractivity contribution in [3.05, 3.63) is 53.5 Å². The molecule has 0 aliphatic heterocycles. The molecule has 28 heavy (non-hydrogen) atoms. The molecule has 0 atom stereocenters. The molecule has 144 valence electrons. The molecule has 0 unspecified atom stereocenters. The largest absolute Gasteiger partial charge is 0.497 e. The van der Waals surface area contributed by atoms with Crippen molar-refractivity contribution in [2.45, 2.75) is 31.3 Å². The van der Waals surface area contributed by atoms with Gasteiger partial charge < -0.3 is 9.30 Å². The zero-order valence-corrected chi connectivity index (χ0v) is 17.8. The summed E-state index contributed by atoms with van der Waals surface area (Å²) in [4.78, 5) is 4.73. The normalized spacial score (nSPS) is 11.4. The minimum absolute atomic E-state index is 0.495. The Bertz CT molecular complexity index is 1040. The highest BCUT2D eigenvalue weighted by atomic mass is 32.2. The van der Waals surface area contributed by atoms with E-state index in [1.807, 2.05) is 30.3 Å². The van der Waals surface area contributed by atoms with Gasteiger partial charge in [0.2, 0.25) is 0 Å². The van der Waals surface area contributed by atoms with Gasteiger partial charge in [-0.3, -0.25) is 0 Å². The maximum atomic E-state index is 5.26. The highest BCUT2D eigenvalue weighted by molar-refractivity contribution is 7.98. The van der Waals surface area contributed by atoms with E-state index in [2.05, 4.69) is 46.8 Å². The van der Waals surface area contributed by atoms with Gasteiger partial charge in [-0.15, -0.1) is 21.5 Å². The molecule has 0 spiro atoms. The summed E-state index contributed by atoms with van der Waals surface area (Å²) in [7, 11) is 1.67. The Morgan fingerprint density at radius 1 is 1.07 bits per heavy atom. The Kier molecular flexibility index (Phi) is 5.64. The van der Waals surface area contributed by atoms with Gasteiger partial charge in [-0.1, -0.05) is 37.7 Å². The standard InChI is InChI=1S/C21H22N4OS2/c1-14(2)12-25-20(15-8-10-16(26-3)11-9-15)23-24-21(25)27-13-19-22-17-6-4-5-7-18(17)28-19/h4-11,14H,12-13H2,1-3H3. The number of aromatic nitrogens is 4. The summed E-state index contributed by atoms with van der Waals surface area (Å²) in [6.45, 7) is 5.29. The number of hydrogen-bond donors (Lipinski definition) is 0. The average Bonchev–Trinajstić information content (AvgIpc) is 3.29. The quantitative estimate of drug-likeness (QED) is 0.376. The van der Waals surface area contributed by atoms with E-state index in [0.717, 1.165) is 45.1 Å². The molecule has 0 aliphatic rings. The third-order valence-electron chi connectivity index (χ3n) is 4.28. The second kappa shape index (κ2) is 8.32. The highest BCUT2D eigenvalue weighted by Crippen LogP contribution is 2.30. The van der Waals surface area contributed by atoms with Gasteiger partial charge in [-0.25, -0.2) is 4.98 Å². The minimum Gasteiger partial charge on any atom is -0.497 e. The number of benzene rings is 2. The van der Waals surface area contributed by atoms with E-state index in [0.29, 0.717) is 5.92 Å². The number of nitrogens with zero attached hydrogens (tertiary/aromatic N) is 4. The Morgan fingerprint density at radius 3 is 2.57 bits per heavy atom. The van der Waals surface area contributed by atoms with Crippen LogP contribution >= 0.6 is 23.1 Å². The maximum absolute atomic E-state index is 5.26. The van der Waals surface area contributed by atoms with Crippen molar-refractivity contribution in [1.29, 1.82) is 0 Å². The number of fused-ring (bicyclic) bond motifs is 1. The molecule has 5 nitrogen and oxygen atoms in total. The highest BCUT2D eigenvalue weighted by Gasteiger charge is 2.16. The van der Waals surface area contributed by atoms with E-state index in [1.165, 1.54) is 4.70 Å². The van der Waals surface area contributed by atoms with Crippen molar-refractivity contribution < 1.29 is 4.74 Å². The molecule has 0 aliphatic carbocycles. The summed E-state index contributed by atoms with van der Waals surface area (Å²) in [5.74, 6) is 3.01. The fourth-order valence-electron chi connectivity index (χ4n) is 2.99. The van der Waals surface area contributed by atoms with E-state index in [4.69, 9.17) is 9.72 Å². The van der Waals surface area contributed by atoms with Crippen LogP contribution in [0.5, 0.6) is 5.75 Å². The van der Waals surface area contributed by atoms with Crippen LogP contribution in [-0.4, -0.2) is 26.9 Å². The van der Waals surface area contributed by atoms with Gasteiger partial charge >= 0.3 is 0 Å². The van der Waals surface area contributed by atoms with Gasteiger partial charge in [0.1, 0.15) is 10.8 Å². The molecular weight excluding hydrogens is 388 g/mol. The van der Waals surface area contributed by atoms with Crippen molar-refractivity contribution in [3.8, 4) is 17.1 Å². The minimum atomic E-state index is 0.495.